The fourth-order valence-electron chi connectivity index (χ4n) is 10.8. The monoisotopic (exact) mass is 1340 g/mol. The fraction of sp³-hybridized carbons (Fsp3) is 0.944. The number of esters is 4. The summed E-state index contributed by atoms with van der Waals surface area (Å²) in [4.78, 5) is 72.5. The van der Waals surface area contributed by atoms with Crippen molar-refractivity contribution in [3.05, 3.63) is 0 Å². The van der Waals surface area contributed by atoms with Crippen LogP contribution in [0.4, 0.5) is 0 Å². The van der Waals surface area contributed by atoms with E-state index in [1.807, 2.05) is 0 Å². The molecule has 540 valence electrons. The van der Waals surface area contributed by atoms with Gasteiger partial charge in [0.2, 0.25) is 0 Å². The van der Waals surface area contributed by atoms with E-state index in [2.05, 4.69) is 55.4 Å². The molecule has 0 spiro atoms. The van der Waals surface area contributed by atoms with Crippen LogP contribution in [0, 0.1) is 23.7 Å². The van der Waals surface area contributed by atoms with E-state index >= 15 is 0 Å². The van der Waals surface area contributed by atoms with Crippen LogP contribution in [0.15, 0.2) is 0 Å². The summed E-state index contributed by atoms with van der Waals surface area (Å²) in [5, 5.41) is 10.6. The van der Waals surface area contributed by atoms with Crippen LogP contribution in [0.25, 0.3) is 0 Å². The number of aliphatic hydroxyl groups is 1. The number of unbranched alkanes of at least 4 members (excludes halogenated alkanes) is 33. The molecule has 0 saturated carbocycles. The summed E-state index contributed by atoms with van der Waals surface area (Å²) in [6, 6.07) is 0. The first-order chi connectivity index (χ1) is 43.7. The molecule has 19 heteroatoms. The minimum Gasteiger partial charge on any atom is -0.462 e. The van der Waals surface area contributed by atoms with Gasteiger partial charge < -0.3 is 33.8 Å². The van der Waals surface area contributed by atoms with Crippen molar-refractivity contribution >= 4 is 39.5 Å². The minimum absolute atomic E-state index is 0.102. The summed E-state index contributed by atoms with van der Waals surface area (Å²) in [5.74, 6) is 0.843. The lowest BCUT2D eigenvalue weighted by atomic mass is 9.99. The molecule has 0 aromatic rings. The van der Waals surface area contributed by atoms with Crippen LogP contribution in [-0.4, -0.2) is 96.7 Å². The van der Waals surface area contributed by atoms with Gasteiger partial charge in [0.05, 0.1) is 26.4 Å². The number of hydrogen-bond donors (Lipinski definition) is 3. The Morgan fingerprint density at radius 2 is 0.527 bits per heavy atom. The van der Waals surface area contributed by atoms with Gasteiger partial charge in [-0.25, -0.2) is 9.13 Å². The predicted molar refractivity (Wildman–Crippen MR) is 367 cm³/mol. The van der Waals surface area contributed by atoms with Crippen LogP contribution in [0.1, 0.15) is 357 Å². The SMILES string of the molecule is CCC(C)CCCCCCCCCCCCCCCCCCCCC(=O)O[C@H](COC(=O)CCCCCCCCC(C)C)COP(=O)(O)OC[C@@H](O)COP(=O)(O)OC[C@@H](COC(=O)CCCCCCCCC(C)CC)OC(=O)CCCCCCCCCC(C)C. The number of carbonyl (C=O) groups excluding carboxylic acids is 4. The Labute approximate surface area is 556 Å². The number of phosphoric acid groups is 2. The lowest BCUT2D eigenvalue weighted by Crippen LogP contribution is -2.30. The van der Waals surface area contributed by atoms with Gasteiger partial charge in [0, 0.05) is 25.7 Å². The maximum atomic E-state index is 13.0. The maximum absolute atomic E-state index is 13.0. The number of ether oxygens (including phenoxy) is 4. The van der Waals surface area contributed by atoms with Gasteiger partial charge in [-0.05, 0) is 49.4 Å². The first-order valence-corrected chi connectivity index (χ1v) is 40.3. The highest BCUT2D eigenvalue weighted by molar-refractivity contribution is 7.47. The Kier molecular flexibility index (Phi) is 60.3. The summed E-state index contributed by atoms with van der Waals surface area (Å²) >= 11 is 0. The molecule has 4 unspecified atom stereocenters. The van der Waals surface area contributed by atoms with Gasteiger partial charge in [-0.3, -0.25) is 37.3 Å². The Morgan fingerprint density at radius 3 is 0.780 bits per heavy atom. The van der Waals surface area contributed by atoms with Crippen LogP contribution in [0.2, 0.25) is 0 Å². The molecular weight excluding hydrogens is 1200 g/mol. The molecule has 17 nitrogen and oxygen atoms in total. The second-order valence-electron chi connectivity index (χ2n) is 27.4. The third kappa shape index (κ3) is 63.9. The standard InChI is InChI=1S/C72H140O17P2/c1-9-64(7)50-42-34-25-21-19-17-15-13-11-12-14-16-18-20-22-26-38-46-54-71(76)88-67(58-82-69(74)52-44-36-30-28-33-41-49-63(5)6)60-86-90(78,79)84-56-66(73)57-85-91(80,81)87-61-68(89-72(77)55-47-39-27-23-24-32-40-48-62(3)4)59-83-70(75)53-45-37-31-29-35-43-51-65(8)10-2/h62-68,73H,9-61H2,1-8H3,(H,78,79)(H,80,81)/t64?,65?,66-,67-,68-/m1/s1. The van der Waals surface area contributed by atoms with E-state index < -0.39 is 97.5 Å². The normalized spacial score (nSPS) is 14.8. The number of aliphatic hydroxyl groups excluding tert-OH is 1. The second-order valence-corrected chi connectivity index (χ2v) is 30.3. The molecule has 0 aliphatic carbocycles. The van der Waals surface area contributed by atoms with Crippen molar-refractivity contribution in [1.29, 1.82) is 0 Å². The summed E-state index contributed by atoms with van der Waals surface area (Å²) in [6.45, 7) is 14.0. The van der Waals surface area contributed by atoms with Crippen molar-refractivity contribution in [2.75, 3.05) is 39.6 Å². The topological polar surface area (TPSA) is 237 Å². The molecule has 91 heavy (non-hydrogen) atoms. The van der Waals surface area contributed by atoms with Crippen molar-refractivity contribution < 1.29 is 80.2 Å². The Bertz CT molecular complexity index is 1800. The van der Waals surface area contributed by atoms with Gasteiger partial charge in [-0.1, -0.05) is 306 Å². The van der Waals surface area contributed by atoms with Gasteiger partial charge in [0.15, 0.2) is 12.2 Å². The summed E-state index contributed by atoms with van der Waals surface area (Å²) in [5.41, 5.74) is 0. The van der Waals surface area contributed by atoms with E-state index in [0.29, 0.717) is 37.5 Å². The molecule has 0 amide bonds. The molecule has 0 rings (SSSR count). The van der Waals surface area contributed by atoms with Crippen LogP contribution in [-0.2, 0) is 65.4 Å². The van der Waals surface area contributed by atoms with Crippen LogP contribution < -0.4 is 0 Å². The quantitative estimate of drug-likeness (QED) is 0.0222. The molecule has 0 aromatic heterocycles. The summed E-state index contributed by atoms with van der Waals surface area (Å²) in [6.07, 6.45) is 44.9. The van der Waals surface area contributed by atoms with Gasteiger partial charge in [-0.2, -0.15) is 0 Å². The molecule has 0 aliphatic rings. The molecule has 0 bridgehead atoms. The Hall–Kier alpha value is -1.94. The molecule has 0 fully saturated rings. The highest BCUT2D eigenvalue weighted by Gasteiger charge is 2.30. The summed E-state index contributed by atoms with van der Waals surface area (Å²) in [7, 11) is -9.90. The zero-order valence-corrected chi connectivity index (χ0v) is 61.3. The maximum Gasteiger partial charge on any atom is 0.472 e. The smallest absolute Gasteiger partial charge is 0.462 e. The Morgan fingerprint density at radius 1 is 0.308 bits per heavy atom. The van der Waals surface area contributed by atoms with E-state index in [9.17, 15) is 43.2 Å². The molecule has 0 heterocycles. The fourth-order valence-corrected chi connectivity index (χ4v) is 12.4. The van der Waals surface area contributed by atoms with Gasteiger partial charge in [-0.15, -0.1) is 0 Å². The van der Waals surface area contributed by atoms with Crippen LogP contribution in [0.3, 0.4) is 0 Å². The predicted octanol–water partition coefficient (Wildman–Crippen LogP) is 20.5. The minimum atomic E-state index is -4.95. The van der Waals surface area contributed by atoms with E-state index in [1.54, 1.807) is 0 Å². The number of rotatable bonds is 69. The van der Waals surface area contributed by atoms with Crippen molar-refractivity contribution in [3.8, 4) is 0 Å². The second kappa shape index (κ2) is 61.6. The van der Waals surface area contributed by atoms with Crippen LogP contribution in [0.5, 0.6) is 0 Å². The number of carbonyl (C=O) groups is 4. The lowest BCUT2D eigenvalue weighted by molar-refractivity contribution is -0.161. The molecular formula is C72H140O17P2. The Balaban J connectivity index is 5.13. The molecule has 3 N–H and O–H groups in total. The summed E-state index contributed by atoms with van der Waals surface area (Å²) < 4.78 is 68.2. The highest BCUT2D eigenvalue weighted by Crippen LogP contribution is 2.45. The van der Waals surface area contributed by atoms with Gasteiger partial charge in [0.25, 0.3) is 0 Å². The number of phosphoric ester groups is 2. The average molecular weight is 1340 g/mol. The van der Waals surface area contributed by atoms with Crippen molar-refractivity contribution in [3.63, 3.8) is 0 Å². The molecule has 0 aromatic carbocycles. The van der Waals surface area contributed by atoms with E-state index in [-0.39, 0.29) is 25.7 Å². The highest BCUT2D eigenvalue weighted by atomic mass is 31.2. The third-order valence-electron chi connectivity index (χ3n) is 17.3. The van der Waals surface area contributed by atoms with Crippen molar-refractivity contribution in [1.82, 2.24) is 0 Å². The van der Waals surface area contributed by atoms with Crippen LogP contribution >= 0.6 is 15.6 Å². The van der Waals surface area contributed by atoms with Gasteiger partial charge >= 0.3 is 39.5 Å². The van der Waals surface area contributed by atoms with Crippen molar-refractivity contribution in [2.24, 2.45) is 23.7 Å². The van der Waals surface area contributed by atoms with Gasteiger partial charge in [0.1, 0.15) is 19.3 Å². The van der Waals surface area contributed by atoms with E-state index in [4.69, 9.17) is 37.0 Å². The zero-order chi connectivity index (χ0) is 67.5. The largest absolute Gasteiger partial charge is 0.472 e. The molecule has 0 saturated heterocycles. The zero-order valence-electron chi connectivity index (χ0n) is 59.5. The third-order valence-corrected chi connectivity index (χ3v) is 19.2. The first-order valence-electron chi connectivity index (χ1n) is 37.3. The first kappa shape index (κ1) is 89.1. The lowest BCUT2D eigenvalue weighted by Gasteiger charge is -2.21. The molecule has 0 radical (unpaired) electrons. The average Bonchev–Trinajstić information content (AvgIpc) is 2.15. The number of hydrogen-bond acceptors (Lipinski definition) is 15. The molecule has 0 aliphatic heterocycles. The molecule has 7 atom stereocenters. The van der Waals surface area contributed by atoms with E-state index in [0.717, 1.165) is 115 Å². The van der Waals surface area contributed by atoms with E-state index in [1.165, 1.54) is 148 Å². The van der Waals surface area contributed by atoms with Crippen molar-refractivity contribution in [2.45, 2.75) is 375 Å².